The molecule has 0 bridgehead atoms. The van der Waals surface area contributed by atoms with E-state index in [-0.39, 0.29) is 25.3 Å². The first-order valence-corrected chi connectivity index (χ1v) is 8.51. The molecule has 1 saturated heterocycles. The largest absolute Gasteiger partial charge is 0.480 e. The van der Waals surface area contributed by atoms with E-state index in [2.05, 4.69) is 0 Å². The van der Waals surface area contributed by atoms with E-state index in [0.717, 1.165) is 31.4 Å². The molecular formula is C18H26N2O4. The highest BCUT2D eigenvalue weighted by atomic mass is 16.6. The van der Waals surface area contributed by atoms with Gasteiger partial charge in [-0.2, -0.15) is 0 Å². The Morgan fingerprint density at radius 1 is 1.29 bits per heavy atom. The van der Waals surface area contributed by atoms with Gasteiger partial charge >= 0.3 is 12.1 Å². The van der Waals surface area contributed by atoms with Crippen molar-refractivity contribution in [2.75, 3.05) is 26.2 Å². The molecule has 1 fully saturated rings. The Hall–Kier alpha value is -2.08. The van der Waals surface area contributed by atoms with Crippen molar-refractivity contribution < 1.29 is 19.4 Å². The third kappa shape index (κ3) is 5.53. The smallest absolute Gasteiger partial charge is 0.410 e. The van der Waals surface area contributed by atoms with Crippen molar-refractivity contribution >= 4 is 12.1 Å². The predicted octanol–water partition coefficient (Wildman–Crippen LogP) is 2.58. The first kappa shape index (κ1) is 18.3. The minimum atomic E-state index is -0.823. The van der Waals surface area contributed by atoms with E-state index < -0.39 is 5.97 Å². The summed E-state index contributed by atoms with van der Waals surface area (Å²) in [4.78, 5) is 27.0. The molecule has 1 aromatic rings. The summed E-state index contributed by atoms with van der Waals surface area (Å²) in [6.45, 7) is 4.02. The zero-order valence-electron chi connectivity index (χ0n) is 14.2. The van der Waals surface area contributed by atoms with Crippen LogP contribution in [0.5, 0.6) is 0 Å². The maximum absolute atomic E-state index is 12.3. The normalized spacial score (nSPS) is 18.1. The molecule has 2 rings (SSSR count). The number of likely N-dealkylation sites (tertiary alicyclic amines) is 1. The van der Waals surface area contributed by atoms with E-state index in [1.807, 2.05) is 42.2 Å². The minimum Gasteiger partial charge on any atom is -0.480 e. The number of likely N-dealkylation sites (N-methyl/N-ethyl adjacent to an activating group) is 1. The number of amides is 1. The molecule has 0 saturated carbocycles. The molecule has 1 aliphatic rings. The fourth-order valence-electron chi connectivity index (χ4n) is 3.05. The number of carbonyl (C=O) groups is 2. The SMILES string of the molecule is CCN(CC1CCCCN1CC(=O)O)C(=O)OCc1ccccc1. The summed E-state index contributed by atoms with van der Waals surface area (Å²) in [5.41, 5.74) is 0.951. The third-order valence-electron chi connectivity index (χ3n) is 4.36. The second-order valence-corrected chi connectivity index (χ2v) is 6.09. The Bertz CT molecular complexity index is 535. The predicted molar refractivity (Wildman–Crippen MR) is 90.7 cm³/mol. The van der Waals surface area contributed by atoms with Crippen LogP contribution in [-0.4, -0.2) is 59.2 Å². The zero-order chi connectivity index (χ0) is 17.4. The van der Waals surface area contributed by atoms with Crippen LogP contribution in [0.15, 0.2) is 30.3 Å². The van der Waals surface area contributed by atoms with Gasteiger partial charge in [0.25, 0.3) is 0 Å². The van der Waals surface area contributed by atoms with Gasteiger partial charge in [-0.3, -0.25) is 9.69 Å². The van der Waals surface area contributed by atoms with Gasteiger partial charge in [0.05, 0.1) is 6.54 Å². The number of piperidine rings is 1. The molecule has 1 amide bonds. The molecule has 1 aromatic carbocycles. The van der Waals surface area contributed by atoms with Crippen LogP contribution in [0.4, 0.5) is 4.79 Å². The van der Waals surface area contributed by atoms with Gasteiger partial charge in [-0.05, 0) is 31.9 Å². The van der Waals surface area contributed by atoms with Crippen molar-refractivity contribution in [1.29, 1.82) is 0 Å². The Balaban J connectivity index is 1.89. The van der Waals surface area contributed by atoms with E-state index in [9.17, 15) is 9.59 Å². The van der Waals surface area contributed by atoms with Crippen LogP contribution in [0.1, 0.15) is 31.7 Å². The molecule has 0 aliphatic carbocycles. The Labute approximate surface area is 143 Å². The lowest BCUT2D eigenvalue weighted by Crippen LogP contribution is -2.49. The monoisotopic (exact) mass is 334 g/mol. The number of carboxylic acid groups (broad SMARTS) is 1. The number of rotatable bonds is 7. The molecule has 1 N–H and O–H groups in total. The molecule has 132 valence electrons. The lowest BCUT2D eigenvalue weighted by Gasteiger charge is -2.37. The zero-order valence-corrected chi connectivity index (χ0v) is 14.2. The summed E-state index contributed by atoms with van der Waals surface area (Å²) >= 11 is 0. The van der Waals surface area contributed by atoms with Crippen molar-refractivity contribution in [3.8, 4) is 0 Å². The van der Waals surface area contributed by atoms with Gasteiger partial charge < -0.3 is 14.7 Å². The van der Waals surface area contributed by atoms with Crippen molar-refractivity contribution in [2.24, 2.45) is 0 Å². The highest BCUT2D eigenvalue weighted by molar-refractivity contribution is 5.69. The summed E-state index contributed by atoms with van der Waals surface area (Å²) < 4.78 is 5.39. The van der Waals surface area contributed by atoms with Crippen LogP contribution >= 0.6 is 0 Å². The average molecular weight is 334 g/mol. The first-order valence-electron chi connectivity index (χ1n) is 8.51. The van der Waals surface area contributed by atoms with E-state index in [0.29, 0.717) is 13.1 Å². The number of aliphatic carboxylic acids is 1. The summed E-state index contributed by atoms with van der Waals surface area (Å²) in [5, 5.41) is 9.05. The number of carbonyl (C=O) groups excluding carboxylic acids is 1. The van der Waals surface area contributed by atoms with Gasteiger partial charge in [-0.15, -0.1) is 0 Å². The maximum Gasteiger partial charge on any atom is 0.410 e. The second-order valence-electron chi connectivity index (χ2n) is 6.09. The molecule has 0 aromatic heterocycles. The minimum absolute atomic E-state index is 0.0291. The fraction of sp³-hybridized carbons (Fsp3) is 0.556. The van der Waals surface area contributed by atoms with Crippen LogP contribution in [0.3, 0.4) is 0 Å². The number of nitrogens with zero attached hydrogens (tertiary/aromatic N) is 2. The summed E-state index contributed by atoms with van der Waals surface area (Å²) in [6.07, 6.45) is 2.64. The number of hydrogen-bond acceptors (Lipinski definition) is 4. The fourth-order valence-corrected chi connectivity index (χ4v) is 3.05. The van der Waals surface area contributed by atoms with E-state index in [1.54, 1.807) is 4.90 Å². The highest BCUT2D eigenvalue weighted by Crippen LogP contribution is 2.18. The summed E-state index contributed by atoms with van der Waals surface area (Å²) in [5.74, 6) is -0.823. The van der Waals surface area contributed by atoms with E-state index >= 15 is 0 Å². The van der Waals surface area contributed by atoms with Gasteiger partial charge in [0.2, 0.25) is 0 Å². The van der Waals surface area contributed by atoms with Crippen LogP contribution in [-0.2, 0) is 16.1 Å². The maximum atomic E-state index is 12.3. The number of ether oxygens (including phenoxy) is 1. The van der Waals surface area contributed by atoms with Crippen LogP contribution in [0.2, 0.25) is 0 Å². The third-order valence-corrected chi connectivity index (χ3v) is 4.36. The van der Waals surface area contributed by atoms with Crippen LogP contribution < -0.4 is 0 Å². The standard InChI is InChI=1S/C18H26N2O4/c1-2-19(18(23)24-14-15-8-4-3-5-9-15)12-16-10-6-7-11-20(16)13-17(21)22/h3-5,8-9,16H,2,6-7,10-14H2,1H3,(H,21,22). The molecule has 0 spiro atoms. The Morgan fingerprint density at radius 3 is 2.71 bits per heavy atom. The van der Waals surface area contributed by atoms with E-state index in [1.165, 1.54) is 0 Å². The number of hydrogen-bond donors (Lipinski definition) is 1. The van der Waals surface area contributed by atoms with Crippen LogP contribution in [0, 0.1) is 0 Å². The number of benzene rings is 1. The molecule has 6 nitrogen and oxygen atoms in total. The highest BCUT2D eigenvalue weighted by Gasteiger charge is 2.27. The van der Waals surface area contributed by atoms with Gasteiger partial charge in [-0.1, -0.05) is 36.8 Å². The van der Waals surface area contributed by atoms with E-state index in [4.69, 9.17) is 9.84 Å². The molecular weight excluding hydrogens is 308 g/mol. The van der Waals surface area contributed by atoms with Crippen LogP contribution in [0.25, 0.3) is 0 Å². The molecule has 1 unspecified atom stereocenters. The molecule has 6 heteroatoms. The van der Waals surface area contributed by atoms with Gasteiger partial charge in [0.15, 0.2) is 0 Å². The van der Waals surface area contributed by atoms with Crippen molar-refractivity contribution in [1.82, 2.24) is 9.80 Å². The van der Waals surface area contributed by atoms with Crippen molar-refractivity contribution in [3.63, 3.8) is 0 Å². The molecule has 24 heavy (non-hydrogen) atoms. The molecule has 1 atom stereocenters. The Morgan fingerprint density at radius 2 is 2.04 bits per heavy atom. The Kier molecular flexibility index (Phi) is 7.06. The van der Waals surface area contributed by atoms with Gasteiger partial charge in [-0.25, -0.2) is 4.79 Å². The number of carboxylic acids is 1. The topological polar surface area (TPSA) is 70.1 Å². The molecule has 1 heterocycles. The molecule has 1 aliphatic heterocycles. The quantitative estimate of drug-likeness (QED) is 0.830. The molecule has 0 radical (unpaired) electrons. The van der Waals surface area contributed by atoms with Gasteiger partial charge in [0.1, 0.15) is 6.61 Å². The lowest BCUT2D eigenvalue weighted by atomic mass is 10.0. The summed E-state index contributed by atoms with van der Waals surface area (Å²) in [7, 11) is 0. The first-order chi connectivity index (χ1) is 11.6. The van der Waals surface area contributed by atoms with Gasteiger partial charge in [0, 0.05) is 19.1 Å². The van der Waals surface area contributed by atoms with Crippen molar-refractivity contribution in [3.05, 3.63) is 35.9 Å². The van der Waals surface area contributed by atoms with Crippen molar-refractivity contribution in [2.45, 2.75) is 38.8 Å². The summed E-state index contributed by atoms with van der Waals surface area (Å²) in [6, 6.07) is 9.65. The lowest BCUT2D eigenvalue weighted by molar-refractivity contribution is -0.139. The second kappa shape index (κ2) is 9.27. The average Bonchev–Trinajstić information content (AvgIpc) is 2.59.